The molecule has 1 aromatic rings. The van der Waals surface area contributed by atoms with E-state index in [0.29, 0.717) is 6.42 Å². The molecule has 2 heterocycles. The highest BCUT2D eigenvalue weighted by Crippen LogP contribution is 2.71. The van der Waals surface area contributed by atoms with Crippen LogP contribution in [-0.2, 0) is 13.6 Å². The lowest BCUT2D eigenvalue weighted by molar-refractivity contribution is -0.0682. The number of hydrogen-bond donors (Lipinski definition) is 1. The Morgan fingerprint density at radius 1 is 1.09 bits per heavy atom. The zero-order valence-corrected chi connectivity index (χ0v) is 25.4. The van der Waals surface area contributed by atoms with Crippen molar-refractivity contribution in [2.24, 2.45) is 0 Å². The molecule has 5 atom stereocenters. The number of fused-ring (bicyclic) bond motifs is 1. The molecule has 34 heavy (non-hydrogen) atoms. The zero-order valence-electron chi connectivity index (χ0n) is 22.7. The van der Waals surface area contributed by atoms with Crippen molar-refractivity contribution in [3.63, 3.8) is 0 Å². The molecule has 0 radical (unpaired) electrons. The number of nitrogens with one attached hydrogen (secondary N) is 1. The van der Waals surface area contributed by atoms with Gasteiger partial charge >= 0.3 is 5.69 Å². The van der Waals surface area contributed by atoms with E-state index in [1.165, 1.54) is 16.8 Å². The standard InChI is InChI=1S/C24H43ClN2O5Si2/c1-12-14-23-19(31-33(8,9)21(2,3)4)24(23,32-34(10,11)22(5,6)7)17(25)18(30-23)27-15-13-16(28)26-20(27)29/h13,15,17-19H,12,14H2,1-11H3,(H,26,28,29)/t17-,18+,19?,23+,24?/m0/s1. The summed E-state index contributed by atoms with van der Waals surface area (Å²) in [7, 11) is -4.49. The fourth-order valence-electron chi connectivity index (χ4n) is 4.49. The van der Waals surface area contributed by atoms with Crippen molar-refractivity contribution in [2.45, 2.75) is 126 Å². The monoisotopic (exact) mass is 530 g/mol. The second-order valence-electron chi connectivity index (χ2n) is 13.0. The summed E-state index contributed by atoms with van der Waals surface area (Å²) in [5.41, 5.74) is -2.62. The number of ether oxygens (including phenoxy) is 1. The van der Waals surface area contributed by atoms with Crippen LogP contribution in [-0.4, -0.2) is 48.9 Å². The van der Waals surface area contributed by atoms with Gasteiger partial charge in [0.05, 0.1) is 0 Å². The van der Waals surface area contributed by atoms with Gasteiger partial charge in [-0.15, -0.1) is 11.6 Å². The number of rotatable bonds is 7. The first kappa shape index (κ1) is 27.9. The van der Waals surface area contributed by atoms with Crippen molar-refractivity contribution >= 4 is 28.2 Å². The lowest BCUT2D eigenvalue weighted by Gasteiger charge is -2.42. The first-order chi connectivity index (χ1) is 15.3. The molecule has 194 valence electrons. The maximum atomic E-state index is 12.7. The van der Waals surface area contributed by atoms with Gasteiger partial charge in [-0.25, -0.2) is 4.79 Å². The highest BCUT2D eigenvalue weighted by Gasteiger charge is 2.89. The predicted molar refractivity (Wildman–Crippen MR) is 142 cm³/mol. The molecule has 1 saturated carbocycles. The van der Waals surface area contributed by atoms with E-state index in [-0.39, 0.29) is 16.2 Å². The summed E-state index contributed by atoms with van der Waals surface area (Å²) >= 11 is 7.25. The van der Waals surface area contributed by atoms with E-state index in [1.807, 2.05) is 0 Å². The number of aromatic nitrogens is 2. The molecule has 1 aliphatic carbocycles. The van der Waals surface area contributed by atoms with Crippen LogP contribution in [0.15, 0.2) is 21.9 Å². The van der Waals surface area contributed by atoms with E-state index in [2.05, 4.69) is 79.6 Å². The maximum Gasteiger partial charge on any atom is 0.330 e. The van der Waals surface area contributed by atoms with E-state index >= 15 is 0 Å². The highest BCUT2D eigenvalue weighted by atomic mass is 35.5. The summed E-state index contributed by atoms with van der Waals surface area (Å²) in [5, 5.41) is -0.702. The Balaban J connectivity index is 2.14. The largest absolute Gasteiger partial charge is 0.408 e. The molecule has 1 N–H and O–H groups in total. The second kappa shape index (κ2) is 8.41. The van der Waals surface area contributed by atoms with Crippen LogP contribution in [0.5, 0.6) is 0 Å². The Morgan fingerprint density at radius 3 is 2.12 bits per heavy atom. The molecule has 0 aromatic carbocycles. The normalized spacial score (nSPS) is 32.1. The first-order valence-electron chi connectivity index (χ1n) is 12.3. The summed E-state index contributed by atoms with van der Waals surface area (Å²) in [4.78, 5) is 26.6. The van der Waals surface area contributed by atoms with Crippen LogP contribution in [0.3, 0.4) is 0 Å². The SMILES string of the molecule is CCC[C@]12O[C@@H](n3ccc(=O)[nH]c3=O)[C@H](Cl)C1(O[Si](C)(C)C(C)(C)C)C2O[Si](C)(C)C(C)(C)C. The number of alkyl halides is 1. The minimum absolute atomic E-state index is 0.00647. The van der Waals surface area contributed by atoms with Gasteiger partial charge in [0.1, 0.15) is 22.7 Å². The van der Waals surface area contributed by atoms with Crippen molar-refractivity contribution < 1.29 is 13.6 Å². The fraction of sp³-hybridized carbons (Fsp3) is 0.833. The molecule has 0 bridgehead atoms. The van der Waals surface area contributed by atoms with Crippen LogP contribution >= 0.6 is 11.6 Å². The van der Waals surface area contributed by atoms with Gasteiger partial charge in [-0.3, -0.25) is 14.3 Å². The van der Waals surface area contributed by atoms with E-state index in [9.17, 15) is 9.59 Å². The third kappa shape index (κ3) is 4.14. The minimum Gasteiger partial charge on any atom is -0.408 e. The lowest BCUT2D eigenvalue weighted by atomic mass is 10.1. The smallest absolute Gasteiger partial charge is 0.330 e. The van der Waals surface area contributed by atoms with Gasteiger partial charge in [-0.1, -0.05) is 54.9 Å². The summed E-state index contributed by atoms with van der Waals surface area (Å²) < 4.78 is 22.3. The van der Waals surface area contributed by atoms with Crippen LogP contribution in [0, 0.1) is 0 Å². The average molecular weight is 531 g/mol. The van der Waals surface area contributed by atoms with E-state index in [4.69, 9.17) is 25.2 Å². The van der Waals surface area contributed by atoms with Crippen LogP contribution in [0.2, 0.25) is 36.3 Å². The summed E-state index contributed by atoms with van der Waals surface area (Å²) in [5.74, 6) is 0. The second-order valence-corrected chi connectivity index (χ2v) is 22.9. The molecule has 2 unspecified atom stereocenters. The molecule has 1 saturated heterocycles. The molecular weight excluding hydrogens is 488 g/mol. The molecule has 0 spiro atoms. The van der Waals surface area contributed by atoms with Gasteiger partial charge in [-0.2, -0.15) is 0 Å². The molecule has 2 aliphatic rings. The van der Waals surface area contributed by atoms with Crippen LogP contribution in [0.25, 0.3) is 0 Å². The van der Waals surface area contributed by atoms with Gasteiger partial charge in [-0.05, 0) is 42.7 Å². The summed E-state index contributed by atoms with van der Waals surface area (Å²) in [6.45, 7) is 24.2. The molecule has 1 aromatic heterocycles. The molecular formula is C24H43ClN2O5Si2. The van der Waals surface area contributed by atoms with Crippen molar-refractivity contribution in [3.8, 4) is 0 Å². The van der Waals surface area contributed by atoms with Crippen LogP contribution in [0.4, 0.5) is 0 Å². The lowest BCUT2D eigenvalue weighted by Crippen LogP contribution is -2.52. The van der Waals surface area contributed by atoms with E-state index < -0.39 is 50.7 Å². The van der Waals surface area contributed by atoms with Crippen molar-refractivity contribution in [1.29, 1.82) is 0 Å². The van der Waals surface area contributed by atoms with Crippen molar-refractivity contribution in [3.05, 3.63) is 33.1 Å². The predicted octanol–water partition coefficient (Wildman–Crippen LogP) is 5.38. The summed E-state index contributed by atoms with van der Waals surface area (Å²) in [6.07, 6.45) is 1.94. The number of H-pyrrole nitrogens is 1. The topological polar surface area (TPSA) is 82.6 Å². The van der Waals surface area contributed by atoms with Gasteiger partial charge < -0.3 is 13.6 Å². The van der Waals surface area contributed by atoms with E-state index in [1.54, 1.807) is 0 Å². The highest BCUT2D eigenvalue weighted by molar-refractivity contribution is 6.75. The Labute approximate surface area is 210 Å². The third-order valence-corrected chi connectivity index (χ3v) is 18.0. The fourth-order valence-corrected chi connectivity index (χ4v) is 7.95. The Bertz CT molecular complexity index is 1040. The summed E-state index contributed by atoms with van der Waals surface area (Å²) in [6, 6.07) is 1.32. The molecule has 0 amide bonds. The Morgan fingerprint density at radius 2 is 1.65 bits per heavy atom. The van der Waals surface area contributed by atoms with E-state index in [0.717, 1.165) is 6.42 Å². The van der Waals surface area contributed by atoms with Crippen molar-refractivity contribution in [1.82, 2.24) is 9.55 Å². The van der Waals surface area contributed by atoms with Gasteiger partial charge in [0, 0.05) is 12.3 Å². The van der Waals surface area contributed by atoms with Crippen LogP contribution < -0.4 is 11.2 Å². The van der Waals surface area contributed by atoms with Gasteiger partial charge in [0.25, 0.3) is 5.56 Å². The Kier molecular flexibility index (Phi) is 6.89. The molecule has 3 rings (SSSR count). The maximum absolute atomic E-state index is 12.7. The number of nitrogens with zero attached hydrogens (tertiary/aromatic N) is 1. The molecule has 2 fully saturated rings. The zero-order chi connectivity index (χ0) is 26.1. The Hall–Kier alpha value is -0.716. The first-order valence-corrected chi connectivity index (χ1v) is 18.5. The number of hydrogen-bond acceptors (Lipinski definition) is 5. The van der Waals surface area contributed by atoms with Crippen molar-refractivity contribution in [2.75, 3.05) is 0 Å². The number of aromatic amines is 1. The molecule has 1 aliphatic heterocycles. The minimum atomic E-state index is -2.31. The third-order valence-electron chi connectivity index (χ3n) is 8.58. The van der Waals surface area contributed by atoms with Gasteiger partial charge in [0.2, 0.25) is 0 Å². The molecule has 10 heteroatoms. The quantitative estimate of drug-likeness (QED) is 0.378. The van der Waals surface area contributed by atoms with Crippen LogP contribution in [0.1, 0.15) is 67.5 Å². The number of halogens is 1. The average Bonchev–Trinajstić information content (AvgIpc) is 3.05. The molecule has 7 nitrogen and oxygen atoms in total. The van der Waals surface area contributed by atoms with Gasteiger partial charge in [0.15, 0.2) is 22.9 Å².